The van der Waals surface area contributed by atoms with Gasteiger partial charge in [0, 0.05) is 18.0 Å². The van der Waals surface area contributed by atoms with Crippen LogP contribution in [0.4, 0.5) is 4.79 Å². The molecule has 1 aliphatic rings. The second kappa shape index (κ2) is 8.95. The molecule has 1 heterocycles. The maximum atomic E-state index is 12.9. The maximum absolute atomic E-state index is 12.9. The van der Waals surface area contributed by atoms with Gasteiger partial charge in [0.25, 0.3) is 0 Å². The van der Waals surface area contributed by atoms with Crippen LogP contribution in [0.2, 0.25) is 0 Å². The predicted octanol–water partition coefficient (Wildman–Crippen LogP) is 2.41. The number of ether oxygens (including phenoxy) is 2. The molecule has 0 fully saturated rings. The summed E-state index contributed by atoms with van der Waals surface area (Å²) in [5.41, 5.74) is 0.163. The fraction of sp³-hybridized carbons (Fsp3) is 0.550. The minimum absolute atomic E-state index is 0.0353. The van der Waals surface area contributed by atoms with Crippen molar-refractivity contribution in [2.75, 3.05) is 13.2 Å². The van der Waals surface area contributed by atoms with Crippen LogP contribution in [0.1, 0.15) is 39.7 Å². The molecule has 28 heavy (non-hydrogen) atoms. The van der Waals surface area contributed by atoms with Gasteiger partial charge in [0.1, 0.15) is 24.0 Å². The SMILES string of the molecule is CC(C[C@H](NC(=O)OC(C)(C)C)C(=O)O)C(=O)N1CCOc2ccccc2C1. The molecule has 2 rings (SSSR count). The number of carboxylic acids is 1. The minimum atomic E-state index is -1.22. The topological polar surface area (TPSA) is 105 Å². The number of nitrogens with one attached hydrogen (secondary N) is 1. The molecule has 2 atom stereocenters. The molecule has 0 saturated heterocycles. The first-order valence-electron chi connectivity index (χ1n) is 9.28. The molecule has 154 valence electrons. The fourth-order valence-electron chi connectivity index (χ4n) is 2.95. The van der Waals surface area contributed by atoms with Gasteiger partial charge in [-0.15, -0.1) is 0 Å². The van der Waals surface area contributed by atoms with E-state index in [1.807, 2.05) is 24.3 Å². The number of alkyl carbamates (subject to hydrolysis) is 1. The smallest absolute Gasteiger partial charge is 0.408 e. The molecule has 1 unspecified atom stereocenters. The Labute approximate surface area is 164 Å². The van der Waals surface area contributed by atoms with Crippen LogP contribution in [0, 0.1) is 5.92 Å². The van der Waals surface area contributed by atoms with Crippen LogP contribution in [-0.4, -0.2) is 52.8 Å². The summed E-state index contributed by atoms with van der Waals surface area (Å²) >= 11 is 0. The second-order valence-electron chi connectivity index (χ2n) is 7.89. The van der Waals surface area contributed by atoms with Gasteiger partial charge in [-0.3, -0.25) is 4.79 Å². The van der Waals surface area contributed by atoms with Gasteiger partial charge in [0.05, 0.1) is 6.54 Å². The number of hydrogen-bond acceptors (Lipinski definition) is 5. The van der Waals surface area contributed by atoms with Crippen molar-refractivity contribution in [2.24, 2.45) is 5.92 Å². The molecule has 8 heteroatoms. The number of carbonyl (C=O) groups is 3. The molecule has 2 N–H and O–H groups in total. The average molecular weight is 392 g/mol. The Hall–Kier alpha value is -2.77. The normalized spacial score (nSPS) is 16.1. The Balaban J connectivity index is 2.00. The molecule has 0 bridgehead atoms. The number of carboxylic acid groups (broad SMARTS) is 1. The molecule has 1 aromatic rings. The van der Waals surface area contributed by atoms with Crippen LogP contribution >= 0.6 is 0 Å². The highest BCUT2D eigenvalue weighted by Crippen LogP contribution is 2.24. The van der Waals surface area contributed by atoms with E-state index in [0.717, 1.165) is 11.3 Å². The summed E-state index contributed by atoms with van der Waals surface area (Å²) in [5, 5.41) is 11.8. The van der Waals surface area contributed by atoms with Crippen molar-refractivity contribution in [3.05, 3.63) is 29.8 Å². The zero-order valence-corrected chi connectivity index (χ0v) is 16.7. The molecule has 2 amide bonds. The van der Waals surface area contributed by atoms with E-state index in [0.29, 0.717) is 19.7 Å². The summed E-state index contributed by atoms with van der Waals surface area (Å²) in [5.74, 6) is -1.24. The lowest BCUT2D eigenvalue weighted by molar-refractivity contribution is -0.141. The molecular weight excluding hydrogens is 364 g/mol. The van der Waals surface area contributed by atoms with E-state index >= 15 is 0 Å². The van der Waals surface area contributed by atoms with E-state index in [9.17, 15) is 19.5 Å². The van der Waals surface area contributed by atoms with E-state index in [-0.39, 0.29) is 12.3 Å². The Morgan fingerprint density at radius 1 is 1.29 bits per heavy atom. The molecule has 8 nitrogen and oxygen atoms in total. The molecule has 0 radical (unpaired) electrons. The third-order valence-electron chi connectivity index (χ3n) is 4.26. The minimum Gasteiger partial charge on any atom is -0.491 e. The lowest BCUT2D eigenvalue weighted by Crippen LogP contribution is -2.46. The summed E-state index contributed by atoms with van der Waals surface area (Å²) in [6.07, 6.45) is -0.858. The molecule has 0 spiro atoms. The first kappa shape index (κ1) is 21.5. The highest BCUT2D eigenvalue weighted by atomic mass is 16.6. The Bertz CT molecular complexity index is 728. The summed E-state index contributed by atoms with van der Waals surface area (Å²) in [7, 11) is 0. The molecule has 0 saturated carbocycles. The third-order valence-corrected chi connectivity index (χ3v) is 4.26. The Morgan fingerprint density at radius 2 is 1.96 bits per heavy atom. The summed E-state index contributed by atoms with van der Waals surface area (Å²) in [4.78, 5) is 38.0. The largest absolute Gasteiger partial charge is 0.491 e. The number of rotatable bonds is 5. The number of carbonyl (C=O) groups excluding carboxylic acids is 2. The van der Waals surface area contributed by atoms with Gasteiger partial charge in [-0.25, -0.2) is 9.59 Å². The van der Waals surface area contributed by atoms with Crippen LogP contribution in [0.3, 0.4) is 0 Å². The van der Waals surface area contributed by atoms with Gasteiger partial charge < -0.3 is 24.8 Å². The van der Waals surface area contributed by atoms with E-state index in [1.54, 1.807) is 32.6 Å². The number of amides is 2. The quantitative estimate of drug-likeness (QED) is 0.797. The van der Waals surface area contributed by atoms with Crippen LogP contribution in [0.15, 0.2) is 24.3 Å². The first-order valence-corrected chi connectivity index (χ1v) is 9.28. The summed E-state index contributed by atoms with van der Waals surface area (Å²) in [6, 6.07) is 6.29. The van der Waals surface area contributed by atoms with Crippen molar-refractivity contribution in [2.45, 2.75) is 52.3 Å². The maximum Gasteiger partial charge on any atom is 0.408 e. The standard InChI is InChI=1S/C20H28N2O6/c1-13(11-15(18(24)25)21-19(26)28-20(2,3)4)17(23)22-9-10-27-16-8-6-5-7-14(16)12-22/h5-8,13,15H,9-12H2,1-4H3,(H,21,26)(H,24,25)/t13?,15-/m0/s1. The van der Waals surface area contributed by atoms with E-state index in [1.165, 1.54) is 0 Å². The fourth-order valence-corrected chi connectivity index (χ4v) is 2.95. The summed E-state index contributed by atoms with van der Waals surface area (Å²) in [6.45, 7) is 7.90. The molecule has 0 aliphatic carbocycles. The number of para-hydroxylation sites is 1. The molecular formula is C20H28N2O6. The Kier molecular flexibility index (Phi) is 6.88. The van der Waals surface area contributed by atoms with Gasteiger partial charge in [0.2, 0.25) is 5.91 Å². The van der Waals surface area contributed by atoms with Gasteiger partial charge in [-0.1, -0.05) is 25.1 Å². The van der Waals surface area contributed by atoms with Crippen molar-refractivity contribution < 1.29 is 29.0 Å². The molecule has 1 aromatic carbocycles. The third kappa shape index (κ3) is 6.14. The van der Waals surface area contributed by atoms with Gasteiger partial charge in [-0.2, -0.15) is 0 Å². The van der Waals surface area contributed by atoms with Crippen molar-refractivity contribution in [1.82, 2.24) is 10.2 Å². The predicted molar refractivity (Wildman–Crippen MR) is 102 cm³/mol. The van der Waals surface area contributed by atoms with Crippen molar-refractivity contribution in [1.29, 1.82) is 0 Å². The van der Waals surface area contributed by atoms with Gasteiger partial charge >= 0.3 is 12.1 Å². The number of nitrogens with zero attached hydrogens (tertiary/aromatic N) is 1. The van der Waals surface area contributed by atoms with E-state index < -0.39 is 29.6 Å². The monoisotopic (exact) mass is 392 g/mol. The van der Waals surface area contributed by atoms with Gasteiger partial charge in [0.15, 0.2) is 0 Å². The second-order valence-corrected chi connectivity index (χ2v) is 7.89. The number of benzene rings is 1. The number of hydrogen-bond donors (Lipinski definition) is 2. The zero-order valence-electron chi connectivity index (χ0n) is 16.7. The highest BCUT2D eigenvalue weighted by Gasteiger charge is 2.30. The first-order chi connectivity index (χ1) is 13.1. The van der Waals surface area contributed by atoms with Crippen LogP contribution < -0.4 is 10.1 Å². The lowest BCUT2D eigenvalue weighted by Gasteiger charge is -2.26. The van der Waals surface area contributed by atoms with Gasteiger partial charge in [-0.05, 0) is 33.3 Å². The van der Waals surface area contributed by atoms with Crippen LogP contribution in [-0.2, 0) is 20.9 Å². The van der Waals surface area contributed by atoms with Crippen molar-refractivity contribution >= 4 is 18.0 Å². The van der Waals surface area contributed by atoms with Crippen LogP contribution in [0.5, 0.6) is 5.75 Å². The van der Waals surface area contributed by atoms with E-state index in [4.69, 9.17) is 9.47 Å². The average Bonchev–Trinajstić information content (AvgIpc) is 2.80. The Morgan fingerprint density at radius 3 is 2.61 bits per heavy atom. The lowest BCUT2D eigenvalue weighted by atomic mass is 10.00. The zero-order chi connectivity index (χ0) is 20.9. The van der Waals surface area contributed by atoms with E-state index in [2.05, 4.69) is 5.32 Å². The molecule has 0 aromatic heterocycles. The highest BCUT2D eigenvalue weighted by molar-refractivity contribution is 5.83. The van der Waals surface area contributed by atoms with Crippen molar-refractivity contribution in [3.63, 3.8) is 0 Å². The molecule has 1 aliphatic heterocycles. The number of fused-ring (bicyclic) bond motifs is 1. The van der Waals surface area contributed by atoms with Crippen LogP contribution in [0.25, 0.3) is 0 Å². The van der Waals surface area contributed by atoms with Crippen molar-refractivity contribution in [3.8, 4) is 5.75 Å². The number of aliphatic carboxylic acids is 1. The summed E-state index contributed by atoms with van der Waals surface area (Å²) < 4.78 is 10.8.